The van der Waals surface area contributed by atoms with Crippen LogP contribution in [0.5, 0.6) is 5.75 Å². The zero-order valence-electron chi connectivity index (χ0n) is 7.97. The first-order valence-electron chi connectivity index (χ1n) is 4.18. The van der Waals surface area contributed by atoms with E-state index in [2.05, 4.69) is 0 Å². The summed E-state index contributed by atoms with van der Waals surface area (Å²) in [4.78, 5) is 11.2. The Morgan fingerprint density at radius 1 is 1.56 bits per heavy atom. The molecule has 0 unspecified atom stereocenters. The van der Waals surface area contributed by atoms with Crippen LogP contribution >= 0.6 is 23.2 Å². The molecule has 0 saturated heterocycles. The molecule has 0 spiro atoms. The van der Waals surface area contributed by atoms with Crippen molar-refractivity contribution in [2.45, 2.75) is 0 Å². The Hall–Kier alpha value is -1.31. The lowest BCUT2D eigenvalue weighted by atomic mass is 10.1. The van der Waals surface area contributed by atoms with Crippen LogP contribution in [0.15, 0.2) is 12.1 Å². The molecule has 1 rings (SSSR count). The molecule has 1 aromatic carbocycles. The summed E-state index contributed by atoms with van der Waals surface area (Å²) >= 11 is 11.0. The maximum absolute atomic E-state index is 13.3. The van der Waals surface area contributed by atoms with Crippen molar-refractivity contribution in [3.8, 4) is 11.8 Å². The molecule has 3 nitrogen and oxygen atoms in total. The number of carbonyl (C=O) groups excluding carboxylic acids is 1. The van der Waals surface area contributed by atoms with E-state index in [1.165, 1.54) is 0 Å². The summed E-state index contributed by atoms with van der Waals surface area (Å²) < 4.78 is 18.2. The molecule has 0 saturated carbocycles. The minimum Gasteiger partial charge on any atom is -0.477 e. The van der Waals surface area contributed by atoms with Gasteiger partial charge in [0.1, 0.15) is 17.6 Å². The molecular weight excluding hydrogens is 256 g/mol. The van der Waals surface area contributed by atoms with Gasteiger partial charge in [-0.1, -0.05) is 11.6 Å². The SMILES string of the molecule is N#CCOc1cc(C(=O)CCl)c(F)cc1Cl. The predicted octanol–water partition coefficient (Wildman–Crippen LogP) is 2.80. The van der Waals surface area contributed by atoms with Gasteiger partial charge in [0, 0.05) is 0 Å². The number of carbonyl (C=O) groups is 1. The zero-order valence-corrected chi connectivity index (χ0v) is 9.48. The minimum atomic E-state index is -0.764. The second kappa shape index (κ2) is 5.69. The molecule has 0 aliphatic rings. The van der Waals surface area contributed by atoms with Crippen molar-refractivity contribution in [3.63, 3.8) is 0 Å². The van der Waals surface area contributed by atoms with Gasteiger partial charge >= 0.3 is 0 Å². The average Bonchev–Trinajstić information content (AvgIpc) is 2.27. The van der Waals surface area contributed by atoms with E-state index in [4.69, 9.17) is 33.2 Å². The third kappa shape index (κ3) is 2.84. The van der Waals surface area contributed by atoms with Crippen molar-refractivity contribution in [3.05, 3.63) is 28.5 Å². The van der Waals surface area contributed by atoms with Crippen molar-refractivity contribution >= 4 is 29.0 Å². The molecule has 6 heteroatoms. The molecule has 0 aromatic heterocycles. The normalized spacial score (nSPS) is 9.62. The van der Waals surface area contributed by atoms with Gasteiger partial charge in [0.05, 0.1) is 16.5 Å². The standard InChI is InChI=1S/C10H6Cl2FNO2/c11-5-9(15)6-3-10(16-2-1-14)7(12)4-8(6)13/h3-4H,2,5H2. The number of nitriles is 1. The molecule has 0 N–H and O–H groups in total. The second-order valence-electron chi connectivity index (χ2n) is 2.77. The van der Waals surface area contributed by atoms with E-state index in [0.29, 0.717) is 0 Å². The van der Waals surface area contributed by atoms with Crippen molar-refractivity contribution < 1.29 is 13.9 Å². The lowest BCUT2D eigenvalue weighted by Gasteiger charge is -2.07. The number of hydrogen-bond acceptors (Lipinski definition) is 3. The highest BCUT2D eigenvalue weighted by Gasteiger charge is 2.15. The van der Waals surface area contributed by atoms with E-state index in [1.807, 2.05) is 0 Å². The topological polar surface area (TPSA) is 50.1 Å². The van der Waals surface area contributed by atoms with E-state index in [0.717, 1.165) is 12.1 Å². The smallest absolute Gasteiger partial charge is 0.180 e. The highest BCUT2D eigenvalue weighted by atomic mass is 35.5. The number of alkyl halides is 1. The van der Waals surface area contributed by atoms with Crippen LogP contribution in [0.2, 0.25) is 5.02 Å². The first-order chi connectivity index (χ1) is 7.60. The molecule has 84 valence electrons. The Morgan fingerprint density at radius 3 is 2.81 bits per heavy atom. The van der Waals surface area contributed by atoms with E-state index >= 15 is 0 Å². The minimum absolute atomic E-state index is 0.00104. The van der Waals surface area contributed by atoms with Gasteiger partial charge in [-0.2, -0.15) is 5.26 Å². The van der Waals surface area contributed by atoms with E-state index in [1.54, 1.807) is 6.07 Å². The van der Waals surface area contributed by atoms with Crippen LogP contribution < -0.4 is 4.74 Å². The number of Topliss-reactive ketones (excluding diaryl/α,β-unsaturated/α-hetero) is 1. The molecule has 16 heavy (non-hydrogen) atoms. The van der Waals surface area contributed by atoms with Gasteiger partial charge in [-0.15, -0.1) is 11.6 Å². The molecule has 0 aliphatic heterocycles. The molecule has 0 heterocycles. The number of rotatable bonds is 4. The summed E-state index contributed by atoms with van der Waals surface area (Å²) in [5, 5.41) is 8.32. The van der Waals surface area contributed by atoms with Crippen LogP contribution in [-0.4, -0.2) is 18.3 Å². The number of hydrogen-bond donors (Lipinski definition) is 0. The van der Waals surface area contributed by atoms with Gasteiger partial charge in [0.2, 0.25) is 0 Å². The van der Waals surface area contributed by atoms with Crippen molar-refractivity contribution in [1.29, 1.82) is 5.26 Å². The maximum atomic E-state index is 13.3. The molecule has 0 radical (unpaired) electrons. The van der Waals surface area contributed by atoms with Gasteiger partial charge in [-0.25, -0.2) is 4.39 Å². The molecular formula is C10H6Cl2FNO2. The van der Waals surface area contributed by atoms with Crippen LogP contribution in [0.25, 0.3) is 0 Å². The van der Waals surface area contributed by atoms with Crippen molar-refractivity contribution in [1.82, 2.24) is 0 Å². The van der Waals surface area contributed by atoms with Gasteiger partial charge in [0.25, 0.3) is 0 Å². The number of nitrogens with zero attached hydrogens (tertiary/aromatic N) is 1. The average molecular weight is 262 g/mol. The molecule has 0 amide bonds. The summed E-state index contributed by atoms with van der Waals surface area (Å²) in [6, 6.07) is 3.83. The van der Waals surface area contributed by atoms with Crippen LogP contribution in [-0.2, 0) is 0 Å². The quantitative estimate of drug-likeness (QED) is 0.619. The molecule has 0 atom stereocenters. The number of halogens is 3. The fourth-order valence-electron chi connectivity index (χ4n) is 1.04. The zero-order chi connectivity index (χ0) is 12.1. The van der Waals surface area contributed by atoms with Gasteiger partial charge < -0.3 is 4.74 Å². The van der Waals surface area contributed by atoms with E-state index < -0.39 is 11.6 Å². The third-order valence-corrected chi connectivity index (χ3v) is 2.27. The predicted molar refractivity (Wildman–Crippen MR) is 57.6 cm³/mol. The van der Waals surface area contributed by atoms with Crippen LogP contribution in [0.3, 0.4) is 0 Å². The van der Waals surface area contributed by atoms with Crippen LogP contribution in [0, 0.1) is 17.1 Å². The summed E-state index contributed by atoms with van der Waals surface area (Å²) in [6.07, 6.45) is 0. The van der Waals surface area contributed by atoms with Crippen LogP contribution in [0.1, 0.15) is 10.4 Å². The van der Waals surface area contributed by atoms with Crippen LogP contribution in [0.4, 0.5) is 4.39 Å². The highest BCUT2D eigenvalue weighted by Crippen LogP contribution is 2.28. The monoisotopic (exact) mass is 261 g/mol. The Balaban J connectivity index is 3.12. The Kier molecular flexibility index (Phi) is 4.53. The van der Waals surface area contributed by atoms with Gasteiger partial charge in [-0.3, -0.25) is 4.79 Å². The van der Waals surface area contributed by atoms with E-state index in [9.17, 15) is 9.18 Å². The Bertz CT molecular complexity index is 457. The number of benzene rings is 1. The summed E-state index contributed by atoms with van der Waals surface area (Å²) in [5.74, 6) is -1.59. The molecule has 0 bridgehead atoms. The summed E-state index contributed by atoms with van der Waals surface area (Å²) in [5.41, 5.74) is -0.202. The molecule has 1 aromatic rings. The summed E-state index contributed by atoms with van der Waals surface area (Å²) in [6.45, 7) is -0.236. The lowest BCUT2D eigenvalue weighted by Crippen LogP contribution is -2.05. The van der Waals surface area contributed by atoms with Gasteiger partial charge in [-0.05, 0) is 12.1 Å². The Labute approximate surface area is 101 Å². The van der Waals surface area contributed by atoms with Crippen molar-refractivity contribution in [2.75, 3.05) is 12.5 Å². The van der Waals surface area contributed by atoms with E-state index in [-0.39, 0.29) is 28.8 Å². The first kappa shape index (κ1) is 12.8. The Morgan fingerprint density at radius 2 is 2.25 bits per heavy atom. The molecule has 0 aliphatic carbocycles. The first-order valence-corrected chi connectivity index (χ1v) is 5.09. The fourth-order valence-corrected chi connectivity index (χ4v) is 1.38. The lowest BCUT2D eigenvalue weighted by molar-refractivity contribution is 0.101. The third-order valence-electron chi connectivity index (χ3n) is 1.74. The van der Waals surface area contributed by atoms with Gasteiger partial charge in [0.15, 0.2) is 12.4 Å². The summed E-state index contributed by atoms with van der Waals surface area (Å²) in [7, 11) is 0. The second-order valence-corrected chi connectivity index (χ2v) is 3.44. The fraction of sp³-hybridized carbons (Fsp3) is 0.200. The largest absolute Gasteiger partial charge is 0.477 e. The number of ether oxygens (including phenoxy) is 1. The molecule has 0 fully saturated rings. The maximum Gasteiger partial charge on any atom is 0.180 e. The van der Waals surface area contributed by atoms with Crippen molar-refractivity contribution in [2.24, 2.45) is 0 Å². The highest BCUT2D eigenvalue weighted by molar-refractivity contribution is 6.33. The number of ketones is 1.